The van der Waals surface area contributed by atoms with E-state index in [1.165, 1.54) is 12.8 Å². The molecule has 1 aliphatic rings. The van der Waals surface area contributed by atoms with Crippen LogP contribution in [-0.2, 0) is 9.54 Å². The molecule has 2 nitrogen and oxygen atoms in total. The molecule has 1 atom stereocenters. The third kappa shape index (κ3) is 2.89. The van der Waals surface area contributed by atoms with Crippen LogP contribution in [0.15, 0.2) is 30.3 Å². The van der Waals surface area contributed by atoms with Gasteiger partial charge in [-0.25, -0.2) is 0 Å². The molecule has 0 radical (unpaired) electrons. The molecule has 0 spiro atoms. The summed E-state index contributed by atoms with van der Waals surface area (Å²) in [6, 6.07) is 9.73. The number of benzene rings is 1. The van der Waals surface area contributed by atoms with E-state index in [1.54, 1.807) is 11.8 Å². The van der Waals surface area contributed by atoms with Crippen molar-refractivity contribution in [1.29, 1.82) is 0 Å². The molecule has 0 aromatic heterocycles. The zero-order valence-electron chi connectivity index (χ0n) is 10.6. The fraction of sp³-hybridized carbons (Fsp3) is 0.533. The van der Waals surface area contributed by atoms with Crippen molar-refractivity contribution in [3.05, 3.63) is 35.9 Å². The molecular weight excluding hydrogens is 244 g/mol. The van der Waals surface area contributed by atoms with Crippen molar-refractivity contribution in [2.24, 2.45) is 0 Å². The number of rotatable bonds is 2. The van der Waals surface area contributed by atoms with E-state index in [4.69, 9.17) is 0 Å². The molecule has 1 aromatic rings. The molecular formula is C15H20O2S. The Morgan fingerprint density at radius 3 is 2.44 bits per heavy atom. The van der Waals surface area contributed by atoms with Gasteiger partial charge in [0, 0.05) is 0 Å². The van der Waals surface area contributed by atoms with Crippen molar-refractivity contribution in [3.63, 3.8) is 0 Å². The molecule has 18 heavy (non-hydrogen) atoms. The number of aliphatic carboxylic acids is 1. The number of thioether (sulfide) groups is 1. The third-order valence-electron chi connectivity index (χ3n) is 3.61. The standard InChI is InChI=1S/C15H20O2S/c16-14(17)15(13-9-5-4-6-10-13)11-7-2-1-3-8-12-18-15/h4-6,9-10H,1-3,7-8,11-12H2,(H,16,17). The predicted molar refractivity (Wildman–Crippen MR) is 75.9 cm³/mol. The van der Waals surface area contributed by atoms with Crippen LogP contribution >= 0.6 is 11.8 Å². The number of hydrogen-bond donors (Lipinski definition) is 1. The first-order valence-electron chi connectivity index (χ1n) is 6.68. The second-order valence-corrected chi connectivity index (χ2v) is 6.26. The quantitative estimate of drug-likeness (QED) is 0.875. The largest absolute Gasteiger partial charge is 0.480 e. The average molecular weight is 264 g/mol. The predicted octanol–water partition coefficient (Wildman–Crippen LogP) is 4.05. The van der Waals surface area contributed by atoms with Crippen LogP contribution in [0.1, 0.15) is 44.1 Å². The summed E-state index contributed by atoms with van der Waals surface area (Å²) in [5.74, 6) is 0.266. The van der Waals surface area contributed by atoms with Crippen molar-refractivity contribution in [1.82, 2.24) is 0 Å². The van der Waals surface area contributed by atoms with Crippen molar-refractivity contribution in [3.8, 4) is 0 Å². The Labute approximate surface area is 113 Å². The van der Waals surface area contributed by atoms with Crippen LogP contribution in [0.4, 0.5) is 0 Å². The molecule has 0 amide bonds. The van der Waals surface area contributed by atoms with Gasteiger partial charge in [-0.1, -0.05) is 56.0 Å². The highest BCUT2D eigenvalue weighted by Crippen LogP contribution is 2.43. The van der Waals surface area contributed by atoms with Gasteiger partial charge >= 0.3 is 5.97 Å². The summed E-state index contributed by atoms with van der Waals surface area (Å²) < 4.78 is -0.731. The summed E-state index contributed by atoms with van der Waals surface area (Å²) in [6.45, 7) is 0. The van der Waals surface area contributed by atoms with E-state index in [1.807, 2.05) is 30.3 Å². The van der Waals surface area contributed by atoms with E-state index in [0.29, 0.717) is 0 Å². The van der Waals surface area contributed by atoms with E-state index in [0.717, 1.165) is 37.0 Å². The first-order valence-corrected chi connectivity index (χ1v) is 7.67. The molecule has 1 N–H and O–H groups in total. The molecule has 0 saturated carbocycles. The lowest BCUT2D eigenvalue weighted by molar-refractivity contribution is -0.140. The molecule has 1 heterocycles. The molecule has 3 heteroatoms. The molecule has 1 fully saturated rings. The van der Waals surface area contributed by atoms with Crippen LogP contribution in [0.3, 0.4) is 0 Å². The van der Waals surface area contributed by atoms with Crippen molar-refractivity contribution in [2.45, 2.75) is 43.3 Å². The van der Waals surface area contributed by atoms with Crippen molar-refractivity contribution >= 4 is 17.7 Å². The van der Waals surface area contributed by atoms with Gasteiger partial charge in [0.25, 0.3) is 0 Å². The number of carboxylic acids is 1. The van der Waals surface area contributed by atoms with Crippen LogP contribution in [0.5, 0.6) is 0 Å². The maximum absolute atomic E-state index is 11.8. The van der Waals surface area contributed by atoms with Gasteiger partial charge in [0.2, 0.25) is 0 Å². The molecule has 0 bridgehead atoms. The summed E-state index contributed by atoms with van der Waals surface area (Å²) >= 11 is 1.62. The monoisotopic (exact) mass is 264 g/mol. The Kier molecular flexibility index (Phi) is 4.70. The summed E-state index contributed by atoms with van der Waals surface area (Å²) in [6.07, 6.45) is 6.52. The Bertz CT molecular complexity index is 379. The van der Waals surface area contributed by atoms with Gasteiger partial charge in [0.05, 0.1) is 0 Å². The van der Waals surface area contributed by atoms with Crippen LogP contribution in [0, 0.1) is 0 Å². The Hall–Kier alpha value is -0.960. The van der Waals surface area contributed by atoms with Crippen molar-refractivity contribution in [2.75, 3.05) is 5.75 Å². The zero-order chi connectivity index (χ0) is 12.8. The highest BCUT2D eigenvalue weighted by atomic mass is 32.2. The Morgan fingerprint density at radius 2 is 1.72 bits per heavy atom. The van der Waals surface area contributed by atoms with Gasteiger partial charge in [0.15, 0.2) is 0 Å². The van der Waals surface area contributed by atoms with Gasteiger partial charge in [-0.3, -0.25) is 4.79 Å². The van der Waals surface area contributed by atoms with Crippen LogP contribution in [0.25, 0.3) is 0 Å². The van der Waals surface area contributed by atoms with Crippen LogP contribution in [0.2, 0.25) is 0 Å². The van der Waals surface area contributed by atoms with E-state index in [9.17, 15) is 9.90 Å². The maximum Gasteiger partial charge on any atom is 0.324 e. The molecule has 1 unspecified atom stereocenters. The van der Waals surface area contributed by atoms with Gasteiger partial charge < -0.3 is 5.11 Å². The second kappa shape index (κ2) is 6.28. The maximum atomic E-state index is 11.8. The molecule has 1 aromatic carbocycles. The minimum Gasteiger partial charge on any atom is -0.480 e. The lowest BCUT2D eigenvalue weighted by atomic mass is 9.92. The lowest BCUT2D eigenvalue weighted by Crippen LogP contribution is -2.32. The normalized spacial score (nSPS) is 25.8. The highest BCUT2D eigenvalue weighted by Gasteiger charge is 2.40. The summed E-state index contributed by atoms with van der Waals surface area (Å²) in [4.78, 5) is 11.8. The number of hydrogen-bond acceptors (Lipinski definition) is 2. The number of carboxylic acid groups (broad SMARTS) is 1. The fourth-order valence-electron chi connectivity index (χ4n) is 2.55. The van der Waals surface area contributed by atoms with E-state index in [2.05, 4.69) is 0 Å². The first kappa shape index (κ1) is 13.5. The molecule has 0 aliphatic carbocycles. The Balaban J connectivity index is 2.31. The van der Waals surface area contributed by atoms with Crippen LogP contribution < -0.4 is 0 Å². The van der Waals surface area contributed by atoms with Crippen molar-refractivity contribution < 1.29 is 9.90 Å². The first-order chi connectivity index (χ1) is 8.76. The second-order valence-electron chi connectivity index (χ2n) is 4.86. The highest BCUT2D eigenvalue weighted by molar-refractivity contribution is 8.00. The summed E-state index contributed by atoms with van der Waals surface area (Å²) in [5, 5.41) is 9.73. The minimum atomic E-state index is -0.731. The molecule has 1 aliphatic heterocycles. The number of carbonyl (C=O) groups is 1. The molecule has 2 rings (SSSR count). The summed E-state index contributed by atoms with van der Waals surface area (Å²) in [7, 11) is 0. The molecule has 1 saturated heterocycles. The smallest absolute Gasteiger partial charge is 0.324 e. The van der Waals surface area contributed by atoms with Crippen LogP contribution in [-0.4, -0.2) is 16.8 Å². The minimum absolute atomic E-state index is 0.680. The fourth-order valence-corrected chi connectivity index (χ4v) is 3.96. The van der Waals surface area contributed by atoms with E-state index in [-0.39, 0.29) is 0 Å². The lowest BCUT2D eigenvalue weighted by Gasteiger charge is -2.29. The van der Waals surface area contributed by atoms with Gasteiger partial charge in [0.1, 0.15) is 4.75 Å². The zero-order valence-corrected chi connectivity index (χ0v) is 11.4. The summed E-state index contributed by atoms with van der Waals surface area (Å²) in [5.41, 5.74) is 0.949. The Morgan fingerprint density at radius 1 is 1.06 bits per heavy atom. The SMILES string of the molecule is O=C(O)C1(c2ccccc2)CCCCCCCS1. The topological polar surface area (TPSA) is 37.3 Å². The van der Waals surface area contributed by atoms with Gasteiger partial charge in [-0.2, -0.15) is 0 Å². The van der Waals surface area contributed by atoms with Gasteiger partial charge in [-0.15, -0.1) is 11.8 Å². The third-order valence-corrected chi connectivity index (χ3v) is 5.21. The van der Waals surface area contributed by atoms with E-state index < -0.39 is 10.7 Å². The molecule has 98 valence electrons. The van der Waals surface area contributed by atoms with E-state index >= 15 is 0 Å². The average Bonchev–Trinajstić information content (AvgIpc) is 2.52. The van der Waals surface area contributed by atoms with Gasteiger partial charge in [-0.05, 0) is 24.2 Å².